The number of aromatic hydroxyl groups is 1. The minimum atomic E-state index is -0.439. The number of hydrogen-bond acceptors (Lipinski definition) is 3. The summed E-state index contributed by atoms with van der Waals surface area (Å²) in [6.45, 7) is 5.57. The predicted octanol–water partition coefficient (Wildman–Crippen LogP) is 1.72. The van der Waals surface area contributed by atoms with Gasteiger partial charge in [-0.25, -0.2) is 0 Å². The summed E-state index contributed by atoms with van der Waals surface area (Å²) in [6, 6.07) is 5.11. The van der Waals surface area contributed by atoms with E-state index < -0.39 is 5.41 Å². The molecule has 0 spiro atoms. The molecular formula is C12H19NO2. The molecule has 0 amide bonds. The first-order valence-corrected chi connectivity index (χ1v) is 5.05. The molecule has 0 fully saturated rings. The van der Waals surface area contributed by atoms with Crippen LogP contribution in [0, 0.1) is 12.3 Å². The average molecular weight is 209 g/mol. The summed E-state index contributed by atoms with van der Waals surface area (Å²) < 4.78 is 0. The Morgan fingerprint density at radius 2 is 2.00 bits per heavy atom. The van der Waals surface area contributed by atoms with E-state index in [9.17, 15) is 10.2 Å². The monoisotopic (exact) mass is 209 g/mol. The van der Waals surface area contributed by atoms with Crippen LogP contribution in [0.4, 0.5) is 0 Å². The van der Waals surface area contributed by atoms with Crippen LogP contribution in [0.5, 0.6) is 5.75 Å². The van der Waals surface area contributed by atoms with E-state index in [-0.39, 0.29) is 18.4 Å². The lowest BCUT2D eigenvalue weighted by Crippen LogP contribution is -2.32. The molecule has 0 saturated heterocycles. The number of hydrogen-bond donors (Lipinski definition) is 3. The smallest absolute Gasteiger partial charge is 0.123 e. The van der Waals surface area contributed by atoms with Gasteiger partial charge in [0, 0.05) is 23.6 Å². The summed E-state index contributed by atoms with van der Waals surface area (Å²) in [4.78, 5) is 0. The van der Waals surface area contributed by atoms with Gasteiger partial charge in [-0.15, -0.1) is 0 Å². The number of para-hydroxylation sites is 1. The largest absolute Gasteiger partial charge is 0.507 e. The van der Waals surface area contributed by atoms with Crippen LogP contribution < -0.4 is 5.73 Å². The van der Waals surface area contributed by atoms with Crippen molar-refractivity contribution >= 4 is 0 Å². The molecule has 0 heterocycles. The van der Waals surface area contributed by atoms with Gasteiger partial charge in [-0.05, 0) is 12.5 Å². The third-order valence-corrected chi connectivity index (χ3v) is 2.85. The molecule has 0 bridgehead atoms. The zero-order valence-electron chi connectivity index (χ0n) is 9.49. The van der Waals surface area contributed by atoms with Crippen molar-refractivity contribution in [2.45, 2.75) is 26.8 Å². The van der Waals surface area contributed by atoms with E-state index in [2.05, 4.69) is 0 Å². The summed E-state index contributed by atoms with van der Waals surface area (Å²) in [7, 11) is 0. The molecule has 3 heteroatoms. The van der Waals surface area contributed by atoms with Gasteiger partial charge in [-0.3, -0.25) is 0 Å². The first-order valence-electron chi connectivity index (χ1n) is 5.05. The fourth-order valence-corrected chi connectivity index (χ4v) is 1.45. The summed E-state index contributed by atoms with van der Waals surface area (Å²) >= 11 is 0. The summed E-state index contributed by atoms with van der Waals surface area (Å²) in [5.74, 6) is 0.228. The second kappa shape index (κ2) is 4.21. The molecule has 15 heavy (non-hydrogen) atoms. The van der Waals surface area contributed by atoms with Crippen molar-refractivity contribution in [1.29, 1.82) is 0 Å². The third kappa shape index (κ3) is 2.30. The quantitative estimate of drug-likeness (QED) is 0.710. The fraction of sp³-hybridized carbons (Fsp3) is 0.500. The lowest BCUT2D eigenvalue weighted by atomic mass is 9.81. The summed E-state index contributed by atoms with van der Waals surface area (Å²) in [5.41, 5.74) is 7.09. The highest BCUT2D eigenvalue weighted by Crippen LogP contribution is 2.36. The molecule has 4 N–H and O–H groups in total. The predicted molar refractivity (Wildman–Crippen MR) is 60.6 cm³/mol. The van der Waals surface area contributed by atoms with Gasteiger partial charge in [0.25, 0.3) is 0 Å². The van der Waals surface area contributed by atoms with Gasteiger partial charge in [0.15, 0.2) is 0 Å². The second-order valence-electron chi connectivity index (χ2n) is 4.64. The van der Waals surface area contributed by atoms with Crippen molar-refractivity contribution in [3.8, 4) is 5.75 Å². The van der Waals surface area contributed by atoms with Gasteiger partial charge in [-0.2, -0.15) is 0 Å². The Balaban J connectivity index is 3.12. The number of benzene rings is 1. The van der Waals surface area contributed by atoms with Crippen LogP contribution in [0.3, 0.4) is 0 Å². The van der Waals surface area contributed by atoms with Crippen LogP contribution >= 0.6 is 0 Å². The van der Waals surface area contributed by atoms with Crippen molar-refractivity contribution in [2.24, 2.45) is 11.1 Å². The first-order chi connectivity index (χ1) is 6.90. The van der Waals surface area contributed by atoms with Crippen LogP contribution in [0.1, 0.15) is 31.0 Å². The van der Waals surface area contributed by atoms with Crippen molar-refractivity contribution in [3.63, 3.8) is 0 Å². The Labute approximate surface area is 90.5 Å². The molecule has 1 aromatic carbocycles. The molecule has 0 aromatic heterocycles. The minimum absolute atomic E-state index is 0.0124. The maximum absolute atomic E-state index is 9.87. The second-order valence-corrected chi connectivity index (χ2v) is 4.64. The maximum Gasteiger partial charge on any atom is 0.123 e. The van der Waals surface area contributed by atoms with Crippen LogP contribution in [0.2, 0.25) is 0 Å². The van der Waals surface area contributed by atoms with E-state index in [4.69, 9.17) is 5.73 Å². The van der Waals surface area contributed by atoms with Crippen molar-refractivity contribution < 1.29 is 10.2 Å². The van der Waals surface area contributed by atoms with E-state index in [1.165, 1.54) is 0 Å². The van der Waals surface area contributed by atoms with E-state index in [1.54, 1.807) is 6.07 Å². The zero-order chi connectivity index (χ0) is 11.6. The number of rotatable bonds is 3. The van der Waals surface area contributed by atoms with Crippen LogP contribution in [-0.2, 0) is 0 Å². The summed E-state index contributed by atoms with van der Waals surface area (Å²) in [5, 5.41) is 19.1. The average Bonchev–Trinajstić information content (AvgIpc) is 2.21. The molecule has 1 aromatic rings. The lowest BCUT2D eigenvalue weighted by molar-refractivity contribution is 0.131. The number of phenolic OH excluding ortho intramolecular Hbond substituents is 1. The lowest BCUT2D eigenvalue weighted by Gasteiger charge is -2.30. The van der Waals surface area contributed by atoms with Crippen LogP contribution in [0.25, 0.3) is 0 Å². The van der Waals surface area contributed by atoms with Gasteiger partial charge in [0.05, 0.1) is 0 Å². The van der Waals surface area contributed by atoms with E-state index >= 15 is 0 Å². The molecule has 0 aliphatic heterocycles. The molecule has 84 valence electrons. The molecule has 1 atom stereocenters. The molecule has 3 nitrogen and oxygen atoms in total. The zero-order valence-corrected chi connectivity index (χ0v) is 9.49. The highest BCUT2D eigenvalue weighted by atomic mass is 16.3. The minimum Gasteiger partial charge on any atom is -0.507 e. The summed E-state index contributed by atoms with van der Waals surface area (Å²) in [6.07, 6.45) is 0. The van der Waals surface area contributed by atoms with Gasteiger partial charge in [0.2, 0.25) is 0 Å². The Morgan fingerprint density at radius 3 is 2.53 bits per heavy atom. The molecule has 0 radical (unpaired) electrons. The molecule has 0 aliphatic rings. The Bertz CT molecular complexity index is 347. The molecule has 0 saturated carbocycles. The Hall–Kier alpha value is -1.06. The van der Waals surface area contributed by atoms with Gasteiger partial charge in [-0.1, -0.05) is 32.0 Å². The molecular weight excluding hydrogens is 190 g/mol. The normalized spacial score (nSPS) is 13.9. The topological polar surface area (TPSA) is 66.5 Å². The van der Waals surface area contributed by atoms with Crippen molar-refractivity contribution in [3.05, 3.63) is 29.3 Å². The van der Waals surface area contributed by atoms with E-state index in [0.717, 1.165) is 5.56 Å². The maximum atomic E-state index is 9.87. The first kappa shape index (κ1) is 12.0. The van der Waals surface area contributed by atoms with Gasteiger partial charge >= 0.3 is 0 Å². The standard InChI is InChI=1S/C12H19NO2/c1-8-5-4-6-9(10(8)15)11(13)12(2,3)7-14/h4-6,11,14-15H,7,13H2,1-3H3/t11-/m0/s1. The van der Waals surface area contributed by atoms with Gasteiger partial charge in [0.1, 0.15) is 5.75 Å². The number of phenols is 1. The number of aliphatic hydroxyl groups is 1. The van der Waals surface area contributed by atoms with E-state index in [0.29, 0.717) is 5.56 Å². The third-order valence-electron chi connectivity index (χ3n) is 2.85. The molecule has 0 unspecified atom stereocenters. The van der Waals surface area contributed by atoms with Crippen molar-refractivity contribution in [1.82, 2.24) is 0 Å². The Morgan fingerprint density at radius 1 is 1.40 bits per heavy atom. The highest BCUT2D eigenvalue weighted by molar-refractivity contribution is 5.41. The molecule has 0 aliphatic carbocycles. The number of aliphatic hydroxyl groups excluding tert-OH is 1. The highest BCUT2D eigenvalue weighted by Gasteiger charge is 2.28. The SMILES string of the molecule is Cc1cccc([C@H](N)C(C)(C)CO)c1O. The molecule has 1 rings (SSSR count). The fourth-order valence-electron chi connectivity index (χ4n) is 1.45. The van der Waals surface area contributed by atoms with Crippen LogP contribution in [0.15, 0.2) is 18.2 Å². The van der Waals surface area contributed by atoms with Crippen LogP contribution in [-0.4, -0.2) is 16.8 Å². The number of nitrogens with two attached hydrogens (primary N) is 1. The van der Waals surface area contributed by atoms with E-state index in [1.807, 2.05) is 32.9 Å². The van der Waals surface area contributed by atoms with Crippen molar-refractivity contribution in [2.75, 3.05) is 6.61 Å². The van der Waals surface area contributed by atoms with Gasteiger partial charge < -0.3 is 15.9 Å². The Kier molecular flexibility index (Phi) is 3.37. The number of aryl methyl sites for hydroxylation is 1.